The molecular weight excluding hydrogens is 442 g/mol. The number of amides is 1. The molecule has 1 aromatic heterocycles. The SMILES string of the molecule is CC(C)NC(=O)Oc1ccc(-c2c(C#N)c3ccc(OC4CCOCC4)cc3n2C2CCC2)cc1. The van der Waals surface area contributed by atoms with Gasteiger partial charge in [-0.3, -0.25) is 0 Å². The van der Waals surface area contributed by atoms with Gasteiger partial charge in [-0.2, -0.15) is 5.26 Å². The summed E-state index contributed by atoms with van der Waals surface area (Å²) in [4.78, 5) is 12.0. The number of rotatable bonds is 6. The van der Waals surface area contributed by atoms with Crippen molar-refractivity contribution in [2.75, 3.05) is 13.2 Å². The third kappa shape index (κ3) is 4.85. The van der Waals surface area contributed by atoms with Crippen LogP contribution in [0.25, 0.3) is 22.2 Å². The van der Waals surface area contributed by atoms with Gasteiger partial charge in [0.15, 0.2) is 0 Å². The topological polar surface area (TPSA) is 85.5 Å². The Labute approximate surface area is 205 Å². The van der Waals surface area contributed by atoms with Crippen LogP contribution in [0.15, 0.2) is 42.5 Å². The summed E-state index contributed by atoms with van der Waals surface area (Å²) in [7, 11) is 0. The molecule has 182 valence electrons. The maximum Gasteiger partial charge on any atom is 0.412 e. The van der Waals surface area contributed by atoms with Crippen LogP contribution < -0.4 is 14.8 Å². The predicted molar refractivity (Wildman–Crippen MR) is 134 cm³/mol. The van der Waals surface area contributed by atoms with Crippen molar-refractivity contribution < 1.29 is 19.0 Å². The molecule has 1 N–H and O–H groups in total. The molecular formula is C28H31N3O4. The van der Waals surface area contributed by atoms with Gasteiger partial charge in [0.05, 0.1) is 30.0 Å². The van der Waals surface area contributed by atoms with Crippen molar-refractivity contribution in [3.8, 4) is 28.8 Å². The van der Waals surface area contributed by atoms with Crippen LogP contribution in [0.2, 0.25) is 0 Å². The van der Waals surface area contributed by atoms with E-state index in [0.717, 1.165) is 66.8 Å². The molecule has 2 aliphatic rings. The Hall–Kier alpha value is -3.50. The van der Waals surface area contributed by atoms with Crippen LogP contribution in [0, 0.1) is 11.3 Å². The minimum Gasteiger partial charge on any atom is -0.490 e. The number of nitriles is 1. The van der Waals surface area contributed by atoms with Crippen molar-refractivity contribution in [2.24, 2.45) is 0 Å². The van der Waals surface area contributed by atoms with Crippen molar-refractivity contribution in [2.45, 2.75) is 64.1 Å². The number of benzene rings is 2. The van der Waals surface area contributed by atoms with E-state index < -0.39 is 6.09 Å². The van der Waals surface area contributed by atoms with Crippen LogP contribution in [0.5, 0.6) is 11.5 Å². The highest BCUT2D eigenvalue weighted by atomic mass is 16.6. The maximum absolute atomic E-state index is 12.0. The number of hydrogen-bond donors (Lipinski definition) is 1. The lowest BCUT2D eigenvalue weighted by atomic mass is 9.92. The van der Waals surface area contributed by atoms with E-state index >= 15 is 0 Å². The Morgan fingerprint density at radius 3 is 2.43 bits per heavy atom. The summed E-state index contributed by atoms with van der Waals surface area (Å²) < 4.78 is 19.4. The van der Waals surface area contributed by atoms with E-state index in [1.807, 2.05) is 38.1 Å². The fourth-order valence-electron chi connectivity index (χ4n) is 4.82. The number of nitrogens with one attached hydrogen (secondary N) is 1. The van der Waals surface area contributed by atoms with E-state index in [9.17, 15) is 10.1 Å². The zero-order valence-electron chi connectivity index (χ0n) is 20.3. The van der Waals surface area contributed by atoms with Crippen molar-refractivity contribution in [3.63, 3.8) is 0 Å². The van der Waals surface area contributed by atoms with Crippen LogP contribution in [0.1, 0.15) is 57.6 Å². The molecule has 2 aromatic carbocycles. The van der Waals surface area contributed by atoms with Crippen LogP contribution in [-0.4, -0.2) is 36.0 Å². The molecule has 1 aliphatic carbocycles. The summed E-state index contributed by atoms with van der Waals surface area (Å²) in [5, 5.41) is 13.8. The van der Waals surface area contributed by atoms with Crippen LogP contribution in [-0.2, 0) is 4.74 Å². The standard InChI is InChI=1S/C28H31N3O4/c1-18(2)30-28(32)35-21-8-6-19(7-9-21)27-25(17-29)24-11-10-23(34-22-12-14-33-15-13-22)16-26(24)31(27)20-4-3-5-20/h6-11,16,18,20,22H,3-5,12-15H2,1-2H3,(H,30,32). The van der Waals surface area contributed by atoms with E-state index in [4.69, 9.17) is 14.2 Å². The molecule has 0 bridgehead atoms. The van der Waals surface area contributed by atoms with E-state index in [2.05, 4.69) is 22.0 Å². The lowest BCUT2D eigenvalue weighted by Crippen LogP contribution is -2.32. The van der Waals surface area contributed by atoms with Crippen LogP contribution >= 0.6 is 0 Å². The lowest BCUT2D eigenvalue weighted by Gasteiger charge is -2.30. The molecule has 0 unspecified atom stereocenters. The number of carbonyl (C=O) groups excluding carboxylic acids is 1. The zero-order valence-corrected chi connectivity index (χ0v) is 20.3. The molecule has 35 heavy (non-hydrogen) atoms. The summed E-state index contributed by atoms with van der Waals surface area (Å²) in [6, 6.07) is 16.3. The quantitative estimate of drug-likeness (QED) is 0.477. The Morgan fingerprint density at radius 1 is 1.09 bits per heavy atom. The predicted octanol–water partition coefficient (Wildman–Crippen LogP) is 5.96. The Bertz CT molecular complexity index is 1250. The maximum atomic E-state index is 12.0. The van der Waals surface area contributed by atoms with Gasteiger partial charge < -0.3 is 24.1 Å². The number of ether oxygens (including phenoxy) is 3. The fraction of sp³-hybridized carbons (Fsp3) is 0.429. The monoisotopic (exact) mass is 473 g/mol. The number of fused-ring (bicyclic) bond motifs is 1. The van der Waals surface area contributed by atoms with Crippen molar-refractivity contribution in [1.29, 1.82) is 5.26 Å². The summed E-state index contributed by atoms with van der Waals surface area (Å²) in [5.74, 6) is 1.29. The average molecular weight is 474 g/mol. The highest BCUT2D eigenvalue weighted by molar-refractivity contribution is 5.95. The molecule has 0 radical (unpaired) electrons. The summed E-state index contributed by atoms with van der Waals surface area (Å²) in [6.45, 7) is 5.22. The average Bonchev–Trinajstić information content (AvgIpc) is 3.12. The smallest absolute Gasteiger partial charge is 0.412 e. The van der Waals surface area contributed by atoms with Gasteiger partial charge >= 0.3 is 6.09 Å². The molecule has 1 saturated carbocycles. The van der Waals surface area contributed by atoms with Crippen molar-refractivity contribution in [1.82, 2.24) is 9.88 Å². The molecule has 7 heteroatoms. The second-order valence-electron chi connectivity index (χ2n) is 9.61. The molecule has 3 aromatic rings. The second kappa shape index (κ2) is 10.0. The lowest BCUT2D eigenvalue weighted by molar-refractivity contribution is 0.0256. The van der Waals surface area contributed by atoms with Gasteiger partial charge in [-0.05, 0) is 75.1 Å². The number of carbonyl (C=O) groups is 1. The molecule has 1 amide bonds. The van der Waals surface area contributed by atoms with Gasteiger partial charge in [-0.25, -0.2) is 4.79 Å². The summed E-state index contributed by atoms with van der Waals surface area (Å²) >= 11 is 0. The zero-order chi connectivity index (χ0) is 24.4. The largest absolute Gasteiger partial charge is 0.490 e. The summed E-state index contributed by atoms with van der Waals surface area (Å²) in [6.07, 6.45) is 4.81. The minimum absolute atomic E-state index is 0.00143. The number of aromatic nitrogens is 1. The first-order chi connectivity index (χ1) is 17.0. The van der Waals surface area contributed by atoms with Gasteiger partial charge in [-0.15, -0.1) is 0 Å². The van der Waals surface area contributed by atoms with Gasteiger partial charge in [0.25, 0.3) is 0 Å². The molecule has 0 atom stereocenters. The molecule has 1 aliphatic heterocycles. The first-order valence-electron chi connectivity index (χ1n) is 12.4. The molecule has 0 spiro atoms. The molecule has 1 saturated heterocycles. The Kier molecular flexibility index (Phi) is 6.65. The number of hydrogen-bond acceptors (Lipinski definition) is 5. The van der Waals surface area contributed by atoms with Gasteiger partial charge in [0.2, 0.25) is 0 Å². The first-order valence-corrected chi connectivity index (χ1v) is 12.4. The normalized spacial score (nSPS) is 16.6. The highest BCUT2D eigenvalue weighted by Crippen LogP contribution is 2.43. The first kappa shape index (κ1) is 23.3. The van der Waals surface area contributed by atoms with E-state index in [1.54, 1.807) is 12.1 Å². The van der Waals surface area contributed by atoms with E-state index in [0.29, 0.717) is 17.4 Å². The molecule has 2 fully saturated rings. The Morgan fingerprint density at radius 2 is 1.80 bits per heavy atom. The summed E-state index contributed by atoms with van der Waals surface area (Å²) in [5.41, 5.74) is 3.53. The fourth-order valence-corrected chi connectivity index (χ4v) is 4.82. The van der Waals surface area contributed by atoms with Crippen molar-refractivity contribution >= 4 is 17.0 Å². The third-order valence-corrected chi connectivity index (χ3v) is 6.74. The second-order valence-corrected chi connectivity index (χ2v) is 9.61. The van der Waals surface area contributed by atoms with E-state index in [-0.39, 0.29) is 12.1 Å². The van der Waals surface area contributed by atoms with Crippen molar-refractivity contribution in [3.05, 3.63) is 48.0 Å². The van der Waals surface area contributed by atoms with Gasteiger partial charge in [-0.1, -0.05) is 0 Å². The number of nitrogens with zero attached hydrogens (tertiary/aromatic N) is 2. The highest BCUT2D eigenvalue weighted by Gasteiger charge is 2.28. The van der Waals surface area contributed by atoms with Crippen LogP contribution in [0.3, 0.4) is 0 Å². The minimum atomic E-state index is -0.480. The molecule has 5 rings (SSSR count). The van der Waals surface area contributed by atoms with E-state index in [1.165, 1.54) is 6.42 Å². The molecule has 7 nitrogen and oxygen atoms in total. The third-order valence-electron chi connectivity index (χ3n) is 6.74. The Balaban J connectivity index is 1.51. The van der Waals surface area contributed by atoms with Crippen LogP contribution in [0.4, 0.5) is 4.79 Å². The van der Waals surface area contributed by atoms with Gasteiger partial charge in [0.1, 0.15) is 23.7 Å². The van der Waals surface area contributed by atoms with Gasteiger partial charge in [0, 0.05) is 36.4 Å². The molecule has 2 heterocycles.